The third kappa shape index (κ3) is 6.86. The van der Waals surface area contributed by atoms with Gasteiger partial charge >= 0.3 is 0 Å². The van der Waals surface area contributed by atoms with Gasteiger partial charge in [-0.3, -0.25) is 0 Å². The summed E-state index contributed by atoms with van der Waals surface area (Å²) in [4.78, 5) is 0. The average Bonchev–Trinajstić information content (AvgIpc) is 1.99. The molecule has 0 radical (unpaired) electrons. The van der Waals surface area contributed by atoms with Gasteiger partial charge in [0, 0.05) is 0 Å². The van der Waals surface area contributed by atoms with E-state index in [0.717, 1.165) is 0 Å². The van der Waals surface area contributed by atoms with Gasteiger partial charge in [0.2, 0.25) is 0 Å². The molecule has 0 amide bonds. The summed E-state index contributed by atoms with van der Waals surface area (Å²) in [5.74, 6) is 0.715. The monoisotopic (exact) mass is 182 g/mol. The van der Waals surface area contributed by atoms with Crippen LogP contribution in [0.3, 0.4) is 0 Å². The van der Waals surface area contributed by atoms with E-state index in [1.54, 1.807) is 0 Å². The fraction of sp³-hybridized carbons (Fsp3) is 0.846. The molecule has 0 aliphatic rings. The molecule has 13 heavy (non-hydrogen) atoms. The van der Waals surface area contributed by atoms with Crippen molar-refractivity contribution in [3.63, 3.8) is 0 Å². The first-order chi connectivity index (χ1) is 5.87. The third-order valence-electron chi connectivity index (χ3n) is 2.61. The number of hydrogen-bond donors (Lipinski definition) is 0. The van der Waals surface area contributed by atoms with Crippen LogP contribution in [0.1, 0.15) is 60.3 Å². The summed E-state index contributed by atoms with van der Waals surface area (Å²) < 4.78 is 0. The van der Waals surface area contributed by atoms with Crippen LogP contribution in [-0.4, -0.2) is 0 Å². The van der Waals surface area contributed by atoms with E-state index in [9.17, 15) is 0 Å². The fourth-order valence-electron chi connectivity index (χ4n) is 1.42. The predicted molar refractivity (Wildman–Crippen MR) is 61.9 cm³/mol. The molecule has 0 spiro atoms. The van der Waals surface area contributed by atoms with E-state index in [0.29, 0.717) is 11.3 Å². The molecular weight excluding hydrogens is 156 g/mol. The highest BCUT2D eigenvalue weighted by Crippen LogP contribution is 2.27. The lowest BCUT2D eigenvalue weighted by molar-refractivity contribution is 0.370. The van der Waals surface area contributed by atoms with Crippen LogP contribution < -0.4 is 0 Å². The minimum Gasteiger partial charge on any atom is -0.0996 e. The van der Waals surface area contributed by atoms with E-state index in [-0.39, 0.29) is 0 Å². The van der Waals surface area contributed by atoms with Crippen LogP contribution in [0.4, 0.5) is 0 Å². The second-order valence-corrected chi connectivity index (χ2v) is 5.41. The van der Waals surface area contributed by atoms with Crippen molar-refractivity contribution in [3.05, 3.63) is 12.2 Å². The van der Waals surface area contributed by atoms with Gasteiger partial charge in [-0.05, 0) is 30.6 Å². The zero-order valence-electron chi connectivity index (χ0n) is 10.1. The van der Waals surface area contributed by atoms with Gasteiger partial charge in [-0.15, -0.1) is 0 Å². The van der Waals surface area contributed by atoms with E-state index in [1.165, 1.54) is 31.3 Å². The minimum atomic E-state index is 0.453. The third-order valence-corrected chi connectivity index (χ3v) is 2.61. The second kappa shape index (κ2) is 5.47. The first-order valence-corrected chi connectivity index (χ1v) is 5.54. The van der Waals surface area contributed by atoms with Crippen LogP contribution in [0, 0.1) is 11.3 Å². The van der Waals surface area contributed by atoms with E-state index >= 15 is 0 Å². The summed E-state index contributed by atoms with van der Waals surface area (Å²) in [6.07, 6.45) is 5.03. The molecule has 0 aromatic rings. The zero-order chi connectivity index (χ0) is 10.5. The molecule has 0 rings (SSSR count). The molecule has 0 aliphatic carbocycles. The summed E-state index contributed by atoms with van der Waals surface area (Å²) >= 11 is 0. The molecular formula is C13H26. The van der Waals surface area contributed by atoms with Gasteiger partial charge in [0.1, 0.15) is 0 Å². The van der Waals surface area contributed by atoms with Gasteiger partial charge in [0.15, 0.2) is 0 Å². The Morgan fingerprint density at radius 1 is 1.31 bits per heavy atom. The van der Waals surface area contributed by atoms with Crippen molar-refractivity contribution in [2.24, 2.45) is 11.3 Å². The minimum absolute atomic E-state index is 0.453. The van der Waals surface area contributed by atoms with E-state index < -0.39 is 0 Å². The second-order valence-electron chi connectivity index (χ2n) is 5.41. The molecule has 1 unspecified atom stereocenters. The van der Waals surface area contributed by atoms with E-state index in [4.69, 9.17) is 0 Å². The van der Waals surface area contributed by atoms with Crippen LogP contribution in [0.15, 0.2) is 12.2 Å². The molecule has 0 bridgehead atoms. The maximum atomic E-state index is 4.18. The first kappa shape index (κ1) is 12.7. The highest BCUT2D eigenvalue weighted by atomic mass is 14.2. The highest BCUT2D eigenvalue weighted by Gasteiger charge is 2.12. The summed E-state index contributed by atoms with van der Waals surface area (Å²) in [5.41, 5.74) is 1.89. The Bertz CT molecular complexity index is 148. The van der Waals surface area contributed by atoms with Crippen molar-refractivity contribution < 1.29 is 0 Å². The Balaban J connectivity index is 3.74. The molecule has 0 saturated heterocycles. The fourth-order valence-corrected chi connectivity index (χ4v) is 1.42. The lowest BCUT2D eigenvalue weighted by atomic mass is 9.85. The number of hydrogen-bond acceptors (Lipinski definition) is 0. The molecule has 0 N–H and O–H groups in total. The average molecular weight is 182 g/mol. The van der Waals surface area contributed by atoms with E-state index in [2.05, 4.69) is 41.2 Å². The standard InChI is InChI=1S/C13H26/c1-7-8-11(2)12(3)9-10-13(4,5)6/h11H,3,7-10H2,1-2,4-6H3. The predicted octanol–water partition coefficient (Wildman–Crippen LogP) is 4.81. The molecule has 0 nitrogen and oxygen atoms in total. The zero-order valence-corrected chi connectivity index (χ0v) is 10.1. The molecule has 0 fully saturated rings. The van der Waals surface area contributed by atoms with Crippen molar-refractivity contribution in [1.82, 2.24) is 0 Å². The quantitative estimate of drug-likeness (QED) is 0.535. The molecule has 0 aromatic carbocycles. The molecule has 0 saturated carbocycles. The largest absolute Gasteiger partial charge is 0.0996 e. The Morgan fingerprint density at radius 2 is 1.85 bits per heavy atom. The highest BCUT2D eigenvalue weighted by molar-refractivity contribution is 4.99. The normalized spacial score (nSPS) is 14.2. The topological polar surface area (TPSA) is 0 Å². The SMILES string of the molecule is C=C(CCC(C)(C)C)C(C)CCC. The van der Waals surface area contributed by atoms with Crippen LogP contribution in [0.25, 0.3) is 0 Å². The molecule has 1 atom stereocenters. The Kier molecular flexibility index (Phi) is 5.36. The summed E-state index contributed by atoms with van der Waals surface area (Å²) in [6, 6.07) is 0. The Morgan fingerprint density at radius 3 is 2.23 bits per heavy atom. The van der Waals surface area contributed by atoms with E-state index in [1.807, 2.05) is 0 Å². The number of rotatable bonds is 5. The van der Waals surface area contributed by atoms with Gasteiger partial charge in [0.05, 0.1) is 0 Å². The maximum absolute atomic E-state index is 4.18. The molecule has 0 heteroatoms. The van der Waals surface area contributed by atoms with Crippen molar-refractivity contribution in [2.75, 3.05) is 0 Å². The Labute approximate surface area is 84.4 Å². The molecule has 0 aliphatic heterocycles. The van der Waals surface area contributed by atoms with Crippen molar-refractivity contribution in [1.29, 1.82) is 0 Å². The van der Waals surface area contributed by atoms with Gasteiger partial charge in [0.25, 0.3) is 0 Å². The van der Waals surface area contributed by atoms with Crippen molar-refractivity contribution >= 4 is 0 Å². The molecule has 0 heterocycles. The summed E-state index contributed by atoms with van der Waals surface area (Å²) in [6.45, 7) is 15.6. The Hall–Kier alpha value is -0.260. The summed E-state index contributed by atoms with van der Waals surface area (Å²) in [5, 5.41) is 0. The number of allylic oxidation sites excluding steroid dienone is 1. The smallest absolute Gasteiger partial charge is 0.0234 e. The lowest BCUT2D eigenvalue weighted by Gasteiger charge is -2.21. The van der Waals surface area contributed by atoms with Crippen LogP contribution >= 0.6 is 0 Å². The first-order valence-electron chi connectivity index (χ1n) is 5.54. The van der Waals surface area contributed by atoms with Gasteiger partial charge in [-0.1, -0.05) is 53.2 Å². The lowest BCUT2D eigenvalue weighted by Crippen LogP contribution is -2.07. The summed E-state index contributed by atoms with van der Waals surface area (Å²) in [7, 11) is 0. The van der Waals surface area contributed by atoms with Crippen LogP contribution in [0.2, 0.25) is 0 Å². The van der Waals surface area contributed by atoms with Gasteiger partial charge in [-0.2, -0.15) is 0 Å². The van der Waals surface area contributed by atoms with Crippen LogP contribution in [-0.2, 0) is 0 Å². The van der Waals surface area contributed by atoms with Gasteiger partial charge < -0.3 is 0 Å². The molecule has 78 valence electrons. The maximum Gasteiger partial charge on any atom is -0.0234 e. The van der Waals surface area contributed by atoms with Gasteiger partial charge in [-0.25, -0.2) is 0 Å². The van der Waals surface area contributed by atoms with Crippen LogP contribution in [0.5, 0.6) is 0 Å². The van der Waals surface area contributed by atoms with Crippen molar-refractivity contribution in [2.45, 2.75) is 60.3 Å². The molecule has 0 aromatic heterocycles. The van der Waals surface area contributed by atoms with Crippen molar-refractivity contribution in [3.8, 4) is 0 Å².